The molecule has 1 amide bonds. The van der Waals surface area contributed by atoms with Crippen molar-refractivity contribution in [2.24, 2.45) is 5.92 Å². The number of aryl methyl sites for hydroxylation is 1. The number of carboxylic acid groups (broad SMARTS) is 1. The first-order valence-electron chi connectivity index (χ1n) is 7.93. The predicted octanol–water partition coefficient (Wildman–Crippen LogP) is 1.17. The summed E-state index contributed by atoms with van der Waals surface area (Å²) in [5.41, 5.74) is 1.20. The molecule has 2 fully saturated rings. The summed E-state index contributed by atoms with van der Waals surface area (Å²) in [4.78, 5) is 23.2. The van der Waals surface area contributed by atoms with E-state index in [-0.39, 0.29) is 11.8 Å². The maximum absolute atomic E-state index is 12.3. The van der Waals surface area contributed by atoms with Crippen molar-refractivity contribution >= 4 is 17.7 Å². The van der Waals surface area contributed by atoms with E-state index < -0.39 is 12.0 Å². The average molecular weight is 306 g/mol. The molecule has 3 N–H and O–H groups in total. The third kappa shape index (κ3) is 3.14. The normalized spacial score (nSPS) is 25.0. The molecule has 1 aliphatic heterocycles. The summed E-state index contributed by atoms with van der Waals surface area (Å²) >= 11 is 0. The minimum Gasteiger partial charge on any atom is -0.480 e. The van der Waals surface area contributed by atoms with Crippen molar-refractivity contribution in [2.75, 3.05) is 11.9 Å². The van der Waals surface area contributed by atoms with E-state index in [9.17, 15) is 9.59 Å². The lowest BCUT2D eigenvalue weighted by molar-refractivity contribution is -0.141. The first-order chi connectivity index (χ1) is 10.6. The second-order valence-corrected chi connectivity index (χ2v) is 6.11. The van der Waals surface area contributed by atoms with Crippen molar-refractivity contribution in [3.63, 3.8) is 0 Å². The molecule has 7 nitrogen and oxygen atoms in total. The molecule has 2 unspecified atom stereocenters. The van der Waals surface area contributed by atoms with Gasteiger partial charge in [-0.1, -0.05) is 0 Å². The summed E-state index contributed by atoms with van der Waals surface area (Å²) in [6.45, 7) is 3.24. The van der Waals surface area contributed by atoms with Gasteiger partial charge in [-0.05, 0) is 32.6 Å². The first-order valence-corrected chi connectivity index (χ1v) is 7.93. The zero-order valence-electron chi connectivity index (χ0n) is 12.7. The number of amides is 1. The Bertz CT molecular complexity index is 571. The Balaban J connectivity index is 1.59. The summed E-state index contributed by atoms with van der Waals surface area (Å²) in [5, 5.41) is 19.2. The van der Waals surface area contributed by atoms with Crippen molar-refractivity contribution < 1.29 is 14.7 Å². The quantitative estimate of drug-likeness (QED) is 0.759. The van der Waals surface area contributed by atoms with Gasteiger partial charge in [0.25, 0.3) is 0 Å². The molecule has 2 atom stereocenters. The number of carboxylic acids is 1. The highest BCUT2D eigenvalue weighted by Gasteiger charge is 2.31. The number of anilines is 1. The van der Waals surface area contributed by atoms with Crippen molar-refractivity contribution in [1.82, 2.24) is 15.1 Å². The lowest BCUT2D eigenvalue weighted by Crippen LogP contribution is -2.46. The molecule has 1 aromatic rings. The van der Waals surface area contributed by atoms with Crippen LogP contribution in [0.5, 0.6) is 0 Å². The Labute approximate surface area is 129 Å². The predicted molar refractivity (Wildman–Crippen MR) is 80.7 cm³/mol. The lowest BCUT2D eigenvalue weighted by atomic mass is 9.94. The van der Waals surface area contributed by atoms with Crippen LogP contribution in [0.1, 0.15) is 44.2 Å². The van der Waals surface area contributed by atoms with Crippen LogP contribution in [-0.2, 0) is 16.1 Å². The third-order valence-corrected chi connectivity index (χ3v) is 4.44. The second kappa shape index (κ2) is 6.08. The fourth-order valence-electron chi connectivity index (χ4n) is 2.97. The van der Waals surface area contributed by atoms with Gasteiger partial charge in [-0.15, -0.1) is 0 Å². The molecule has 120 valence electrons. The molecule has 1 aliphatic carbocycles. The Morgan fingerprint density at radius 3 is 2.73 bits per heavy atom. The van der Waals surface area contributed by atoms with E-state index in [2.05, 4.69) is 15.7 Å². The van der Waals surface area contributed by atoms with E-state index in [1.807, 2.05) is 17.7 Å². The van der Waals surface area contributed by atoms with Gasteiger partial charge in [-0.2, -0.15) is 5.10 Å². The monoisotopic (exact) mass is 306 g/mol. The van der Waals surface area contributed by atoms with Crippen LogP contribution in [0.2, 0.25) is 0 Å². The van der Waals surface area contributed by atoms with E-state index in [4.69, 9.17) is 5.11 Å². The molecule has 22 heavy (non-hydrogen) atoms. The van der Waals surface area contributed by atoms with Crippen molar-refractivity contribution in [1.29, 1.82) is 0 Å². The molecule has 2 aliphatic rings. The van der Waals surface area contributed by atoms with E-state index in [1.54, 1.807) is 0 Å². The molecule has 0 spiro atoms. The van der Waals surface area contributed by atoms with Crippen molar-refractivity contribution in [2.45, 2.75) is 51.1 Å². The Hall–Kier alpha value is -1.89. The maximum Gasteiger partial charge on any atom is 0.320 e. The number of hydrogen-bond donors (Lipinski definition) is 3. The third-order valence-electron chi connectivity index (χ3n) is 4.44. The molecule has 2 heterocycles. The minimum atomic E-state index is -0.852. The number of aromatic nitrogens is 2. The molecule has 0 bridgehead atoms. The fourth-order valence-corrected chi connectivity index (χ4v) is 2.97. The SMILES string of the molecule is CCn1nc(NC(=O)C2CCC(C(=O)O)NC2)cc1C1CC1. The second-order valence-electron chi connectivity index (χ2n) is 6.11. The van der Waals surface area contributed by atoms with E-state index >= 15 is 0 Å². The van der Waals surface area contributed by atoms with Gasteiger partial charge in [0.2, 0.25) is 5.91 Å². The molecular weight excluding hydrogens is 284 g/mol. The molecule has 0 radical (unpaired) electrons. The number of nitrogens with one attached hydrogen (secondary N) is 2. The number of piperidine rings is 1. The molecule has 7 heteroatoms. The number of carbonyl (C=O) groups is 2. The van der Waals surface area contributed by atoms with Crippen LogP contribution >= 0.6 is 0 Å². The average Bonchev–Trinajstić information content (AvgIpc) is 3.28. The molecule has 0 aromatic carbocycles. The number of carbonyl (C=O) groups excluding carboxylic acids is 1. The molecule has 1 aromatic heterocycles. The van der Waals surface area contributed by atoms with Gasteiger partial charge in [0, 0.05) is 30.8 Å². The molecule has 1 saturated heterocycles. The topological polar surface area (TPSA) is 96.2 Å². The number of rotatable bonds is 5. The van der Waals surface area contributed by atoms with Crippen molar-refractivity contribution in [3.8, 4) is 0 Å². The van der Waals surface area contributed by atoms with Gasteiger partial charge in [-0.3, -0.25) is 14.3 Å². The van der Waals surface area contributed by atoms with Crippen LogP contribution in [-0.4, -0.2) is 39.4 Å². The number of aliphatic carboxylic acids is 1. The van der Waals surface area contributed by atoms with Crippen LogP contribution < -0.4 is 10.6 Å². The zero-order valence-corrected chi connectivity index (χ0v) is 12.7. The van der Waals surface area contributed by atoms with Crippen LogP contribution in [0.15, 0.2) is 6.07 Å². The highest BCUT2D eigenvalue weighted by molar-refractivity contribution is 5.92. The van der Waals surface area contributed by atoms with Gasteiger partial charge in [0.05, 0.1) is 5.92 Å². The Kier molecular flexibility index (Phi) is 4.15. The van der Waals surface area contributed by atoms with Crippen LogP contribution in [0.25, 0.3) is 0 Å². The largest absolute Gasteiger partial charge is 0.480 e. The summed E-state index contributed by atoms with van der Waals surface area (Å²) in [5.74, 6) is 0.0562. The smallest absolute Gasteiger partial charge is 0.320 e. The Morgan fingerprint density at radius 2 is 2.18 bits per heavy atom. The van der Waals surface area contributed by atoms with Gasteiger partial charge >= 0.3 is 5.97 Å². The van der Waals surface area contributed by atoms with Gasteiger partial charge < -0.3 is 15.7 Å². The van der Waals surface area contributed by atoms with E-state index in [1.165, 1.54) is 18.5 Å². The molecule has 3 rings (SSSR count). The van der Waals surface area contributed by atoms with E-state index in [0.717, 1.165) is 6.54 Å². The van der Waals surface area contributed by atoms with Crippen LogP contribution in [0.4, 0.5) is 5.82 Å². The number of hydrogen-bond acceptors (Lipinski definition) is 4. The maximum atomic E-state index is 12.3. The standard InChI is InChI=1S/C15H22N4O3/c1-2-19-12(9-3-4-9)7-13(18-19)17-14(20)10-5-6-11(15(21)22)16-8-10/h7,9-11,16H,2-6,8H2,1H3,(H,21,22)(H,17,18,20). The minimum absolute atomic E-state index is 0.0839. The highest BCUT2D eigenvalue weighted by atomic mass is 16.4. The number of nitrogens with zero attached hydrogens (tertiary/aromatic N) is 2. The van der Waals surface area contributed by atoms with Crippen LogP contribution in [0.3, 0.4) is 0 Å². The lowest BCUT2D eigenvalue weighted by Gasteiger charge is -2.26. The Morgan fingerprint density at radius 1 is 1.41 bits per heavy atom. The summed E-state index contributed by atoms with van der Waals surface area (Å²) in [7, 11) is 0. The molecular formula is C15H22N4O3. The van der Waals surface area contributed by atoms with Gasteiger partial charge in [0.1, 0.15) is 6.04 Å². The first kappa shape index (κ1) is 15.0. The van der Waals surface area contributed by atoms with Crippen LogP contribution in [0, 0.1) is 5.92 Å². The zero-order chi connectivity index (χ0) is 15.7. The van der Waals surface area contributed by atoms with Gasteiger partial charge in [-0.25, -0.2) is 0 Å². The summed E-state index contributed by atoms with van der Waals surface area (Å²) in [6, 6.07) is 1.43. The van der Waals surface area contributed by atoms with E-state index in [0.29, 0.717) is 31.1 Å². The summed E-state index contributed by atoms with van der Waals surface area (Å²) in [6.07, 6.45) is 3.45. The van der Waals surface area contributed by atoms with Gasteiger partial charge in [0.15, 0.2) is 5.82 Å². The van der Waals surface area contributed by atoms with Crippen molar-refractivity contribution in [3.05, 3.63) is 11.8 Å². The molecule has 1 saturated carbocycles. The highest BCUT2D eigenvalue weighted by Crippen LogP contribution is 2.40. The summed E-state index contributed by atoms with van der Waals surface area (Å²) < 4.78 is 1.95. The fraction of sp³-hybridized carbons (Fsp3) is 0.667.